The Hall–Kier alpha value is -3.07. The van der Waals surface area contributed by atoms with Crippen molar-refractivity contribution in [3.63, 3.8) is 0 Å². The largest absolute Gasteiger partial charge is 0.492 e. The fourth-order valence-electron chi connectivity index (χ4n) is 4.00. The predicted octanol–water partition coefficient (Wildman–Crippen LogP) is 1.18. The van der Waals surface area contributed by atoms with E-state index in [2.05, 4.69) is 5.32 Å². The van der Waals surface area contributed by atoms with Crippen LogP contribution in [0.15, 0.2) is 47.4 Å². The van der Waals surface area contributed by atoms with E-state index in [1.54, 1.807) is 30.3 Å². The molecule has 0 radical (unpaired) electrons. The first-order chi connectivity index (χ1) is 18.1. The number of nitrogens with zero attached hydrogens (tertiary/aromatic N) is 2. The number of carbonyl (C=O) groups excluding carboxylic acids is 1. The van der Waals surface area contributed by atoms with Crippen LogP contribution in [0, 0.1) is 0 Å². The number of rotatable bonds is 12. The lowest BCUT2D eigenvalue weighted by Crippen LogP contribution is -2.40. The van der Waals surface area contributed by atoms with E-state index < -0.39 is 20.0 Å². The molecule has 12 nitrogen and oxygen atoms in total. The molecule has 1 saturated heterocycles. The fourth-order valence-corrected chi connectivity index (χ4v) is 6.37. The lowest BCUT2D eigenvalue weighted by Gasteiger charge is -2.26. The van der Waals surface area contributed by atoms with Crippen molar-refractivity contribution in [2.24, 2.45) is 0 Å². The second-order valence-corrected chi connectivity index (χ2v) is 12.5. The number of sulfonamides is 2. The van der Waals surface area contributed by atoms with Crippen molar-refractivity contribution in [3.05, 3.63) is 42.5 Å². The second-order valence-electron chi connectivity index (χ2n) is 8.66. The Kier molecular flexibility index (Phi) is 8.97. The van der Waals surface area contributed by atoms with Gasteiger partial charge in [-0.3, -0.25) is 9.10 Å². The maximum atomic E-state index is 12.7. The standard InChI is InChI=1S/C24H31N3O9S2/c1-37(29,30)27(19-4-9-22-23(17-19)36-18-35-22)11-2-3-24(28)25-10-14-34-20-5-7-21(8-6-20)38(31,32)26-12-15-33-16-13-26/h4-9,17H,2-3,10-16,18H2,1H3,(H,25,28). The molecule has 14 heteroatoms. The van der Waals surface area contributed by atoms with E-state index in [1.165, 1.54) is 20.7 Å². The SMILES string of the molecule is CS(=O)(=O)N(CCCC(=O)NCCOc1ccc(S(=O)(=O)N2CCOCC2)cc1)c1ccc2c(c1)OCO2. The Bertz CT molecular complexity index is 1330. The molecule has 2 aliphatic rings. The van der Waals surface area contributed by atoms with Crippen molar-refractivity contribution in [2.45, 2.75) is 17.7 Å². The van der Waals surface area contributed by atoms with Gasteiger partial charge in [-0.05, 0) is 42.8 Å². The average Bonchev–Trinajstić information content (AvgIpc) is 3.37. The van der Waals surface area contributed by atoms with Crippen LogP contribution in [0.5, 0.6) is 17.2 Å². The zero-order valence-electron chi connectivity index (χ0n) is 21.0. The van der Waals surface area contributed by atoms with Crippen LogP contribution in [0.2, 0.25) is 0 Å². The van der Waals surface area contributed by atoms with Crippen LogP contribution in [0.1, 0.15) is 12.8 Å². The Balaban J connectivity index is 1.19. The van der Waals surface area contributed by atoms with Crippen molar-refractivity contribution >= 4 is 31.6 Å². The zero-order valence-corrected chi connectivity index (χ0v) is 22.6. The van der Waals surface area contributed by atoms with Gasteiger partial charge in [0.15, 0.2) is 11.5 Å². The number of benzene rings is 2. The van der Waals surface area contributed by atoms with Gasteiger partial charge in [0.05, 0.1) is 36.6 Å². The van der Waals surface area contributed by atoms with Crippen LogP contribution in [-0.4, -0.2) is 86.1 Å². The number of fused-ring (bicyclic) bond motifs is 1. The molecule has 1 amide bonds. The molecule has 4 rings (SSSR count). The third-order valence-electron chi connectivity index (χ3n) is 5.93. The van der Waals surface area contributed by atoms with Gasteiger partial charge in [0.2, 0.25) is 32.7 Å². The summed E-state index contributed by atoms with van der Waals surface area (Å²) in [6, 6.07) is 11.0. The van der Waals surface area contributed by atoms with Crippen LogP contribution in [0.3, 0.4) is 0 Å². The summed E-state index contributed by atoms with van der Waals surface area (Å²) in [5, 5.41) is 2.73. The minimum atomic E-state index is -3.57. The summed E-state index contributed by atoms with van der Waals surface area (Å²) in [5.41, 5.74) is 0.439. The molecule has 2 aliphatic heterocycles. The summed E-state index contributed by atoms with van der Waals surface area (Å²) in [7, 11) is -7.14. The third kappa shape index (κ3) is 7.07. The van der Waals surface area contributed by atoms with Crippen molar-refractivity contribution in [2.75, 3.05) is 63.4 Å². The minimum absolute atomic E-state index is 0.0870. The van der Waals surface area contributed by atoms with Crippen molar-refractivity contribution < 1.29 is 40.6 Å². The van der Waals surface area contributed by atoms with E-state index >= 15 is 0 Å². The van der Waals surface area contributed by atoms with Gasteiger partial charge in [-0.15, -0.1) is 0 Å². The normalized spacial score (nSPS) is 15.7. The lowest BCUT2D eigenvalue weighted by molar-refractivity contribution is -0.121. The summed E-state index contributed by atoms with van der Waals surface area (Å²) in [5.74, 6) is 1.27. The molecule has 0 bridgehead atoms. The number of anilines is 1. The molecule has 1 N–H and O–H groups in total. The maximum Gasteiger partial charge on any atom is 0.243 e. The summed E-state index contributed by atoms with van der Waals surface area (Å²) >= 11 is 0. The first-order valence-corrected chi connectivity index (χ1v) is 15.4. The molecule has 0 saturated carbocycles. The van der Waals surface area contributed by atoms with Crippen molar-refractivity contribution in [1.29, 1.82) is 0 Å². The predicted molar refractivity (Wildman–Crippen MR) is 139 cm³/mol. The molecule has 0 atom stereocenters. The summed E-state index contributed by atoms with van der Waals surface area (Å²) in [6.07, 6.45) is 1.55. The molecule has 0 unspecified atom stereocenters. The monoisotopic (exact) mass is 569 g/mol. The van der Waals surface area contributed by atoms with E-state index in [0.717, 1.165) is 6.26 Å². The van der Waals surface area contributed by atoms with Crippen LogP contribution in [0.25, 0.3) is 0 Å². The Morgan fingerprint density at radius 3 is 2.45 bits per heavy atom. The number of carbonyl (C=O) groups is 1. The van der Waals surface area contributed by atoms with Crippen LogP contribution in [0.4, 0.5) is 5.69 Å². The number of hydrogen-bond donors (Lipinski definition) is 1. The Morgan fingerprint density at radius 1 is 1.03 bits per heavy atom. The van der Waals surface area contributed by atoms with E-state index in [4.69, 9.17) is 18.9 Å². The number of ether oxygens (including phenoxy) is 4. The molecule has 0 spiro atoms. The van der Waals surface area contributed by atoms with Gasteiger partial charge in [-0.1, -0.05) is 0 Å². The highest BCUT2D eigenvalue weighted by molar-refractivity contribution is 7.92. The summed E-state index contributed by atoms with van der Waals surface area (Å²) in [6.45, 7) is 2.05. The first kappa shape index (κ1) is 28.0. The molecule has 0 aliphatic carbocycles. The molecule has 2 aromatic rings. The summed E-state index contributed by atoms with van der Waals surface area (Å²) in [4.78, 5) is 12.4. The zero-order chi connectivity index (χ0) is 27.2. The fraction of sp³-hybridized carbons (Fsp3) is 0.458. The molecular weight excluding hydrogens is 538 g/mol. The molecule has 208 valence electrons. The van der Waals surface area contributed by atoms with Crippen LogP contribution >= 0.6 is 0 Å². The lowest BCUT2D eigenvalue weighted by atomic mass is 10.2. The topological polar surface area (TPSA) is 141 Å². The van der Waals surface area contributed by atoms with Gasteiger partial charge in [0.25, 0.3) is 0 Å². The molecule has 2 aromatic carbocycles. The quantitative estimate of drug-likeness (QED) is 0.373. The summed E-state index contributed by atoms with van der Waals surface area (Å²) < 4.78 is 74.0. The van der Waals surface area contributed by atoms with E-state index in [1.807, 2.05) is 0 Å². The van der Waals surface area contributed by atoms with E-state index in [-0.39, 0.29) is 43.7 Å². The van der Waals surface area contributed by atoms with Gasteiger partial charge < -0.3 is 24.3 Å². The average molecular weight is 570 g/mol. The maximum absolute atomic E-state index is 12.7. The van der Waals surface area contributed by atoms with E-state index in [9.17, 15) is 21.6 Å². The minimum Gasteiger partial charge on any atom is -0.492 e. The molecule has 1 fully saturated rings. The smallest absolute Gasteiger partial charge is 0.243 e. The number of amides is 1. The van der Waals surface area contributed by atoms with Crippen LogP contribution < -0.4 is 23.8 Å². The van der Waals surface area contributed by atoms with Gasteiger partial charge >= 0.3 is 0 Å². The molecule has 2 heterocycles. The van der Waals surface area contributed by atoms with Gasteiger partial charge in [-0.2, -0.15) is 4.31 Å². The highest BCUT2D eigenvalue weighted by Gasteiger charge is 2.26. The number of hydrogen-bond acceptors (Lipinski definition) is 9. The number of morpholine rings is 1. The number of nitrogens with one attached hydrogen (secondary N) is 1. The Morgan fingerprint density at radius 2 is 1.74 bits per heavy atom. The highest BCUT2D eigenvalue weighted by atomic mass is 32.2. The van der Waals surface area contributed by atoms with Crippen LogP contribution in [-0.2, 0) is 29.6 Å². The van der Waals surface area contributed by atoms with E-state index in [0.29, 0.717) is 55.7 Å². The highest BCUT2D eigenvalue weighted by Crippen LogP contribution is 2.36. The van der Waals surface area contributed by atoms with Crippen molar-refractivity contribution in [1.82, 2.24) is 9.62 Å². The molecular formula is C24H31N3O9S2. The molecule has 0 aromatic heterocycles. The second kappa shape index (κ2) is 12.2. The third-order valence-corrected chi connectivity index (χ3v) is 9.04. The van der Waals surface area contributed by atoms with Gasteiger partial charge in [0, 0.05) is 32.1 Å². The first-order valence-electron chi connectivity index (χ1n) is 12.1. The van der Waals surface area contributed by atoms with Gasteiger partial charge in [0.1, 0.15) is 12.4 Å². The van der Waals surface area contributed by atoms with Crippen molar-refractivity contribution in [3.8, 4) is 17.2 Å². The van der Waals surface area contributed by atoms with Gasteiger partial charge in [-0.25, -0.2) is 16.8 Å². The Labute approximate surface area is 222 Å². The molecule has 38 heavy (non-hydrogen) atoms.